The van der Waals surface area contributed by atoms with Gasteiger partial charge < -0.3 is 5.32 Å². The summed E-state index contributed by atoms with van der Waals surface area (Å²) in [7, 11) is 0. The van der Waals surface area contributed by atoms with Crippen LogP contribution in [0, 0.1) is 0 Å². The number of nitrogens with one attached hydrogen (secondary N) is 1. The minimum Gasteiger partial charge on any atom is -0.312 e. The molecule has 4 heteroatoms. The molecule has 3 rings (SSSR count). The maximum Gasteiger partial charge on any atom is 0.159 e. The molecule has 2 aromatic rings. The van der Waals surface area contributed by atoms with Gasteiger partial charge in [-0.2, -0.15) is 0 Å². The average molecular weight is 332 g/mol. The van der Waals surface area contributed by atoms with E-state index >= 15 is 0 Å². The Hall–Kier alpha value is -1.26. The average Bonchev–Trinajstić information content (AvgIpc) is 2.46. The highest BCUT2D eigenvalue weighted by molar-refractivity contribution is 9.10. The normalized spacial score (nSPS) is 14.4. The van der Waals surface area contributed by atoms with Gasteiger partial charge in [-0.05, 0) is 18.1 Å². The molecule has 0 saturated carbocycles. The minimum atomic E-state index is 0.417. The van der Waals surface area contributed by atoms with Gasteiger partial charge in [0.25, 0.3) is 0 Å². The third kappa shape index (κ3) is 2.63. The number of hydrogen-bond donors (Lipinski definition) is 1. The summed E-state index contributed by atoms with van der Waals surface area (Å²) in [4.78, 5) is 9.61. The molecule has 0 radical (unpaired) electrons. The fourth-order valence-corrected chi connectivity index (χ4v) is 2.84. The van der Waals surface area contributed by atoms with Crippen LogP contribution < -0.4 is 5.32 Å². The Bertz CT molecular complexity index is 620. The third-order valence-corrected chi connectivity index (χ3v) is 4.14. The molecule has 1 aliphatic rings. The van der Waals surface area contributed by atoms with Crippen LogP contribution in [0.15, 0.2) is 28.7 Å². The van der Waals surface area contributed by atoms with E-state index in [9.17, 15) is 0 Å². The van der Waals surface area contributed by atoms with Crippen LogP contribution in [-0.2, 0) is 13.0 Å². The first kappa shape index (κ1) is 13.7. The van der Waals surface area contributed by atoms with Crippen molar-refractivity contribution in [3.8, 4) is 11.4 Å². The maximum atomic E-state index is 4.82. The van der Waals surface area contributed by atoms with Crippen LogP contribution in [0.25, 0.3) is 11.4 Å². The predicted octanol–water partition coefficient (Wildman–Crippen LogP) is 3.68. The molecule has 1 aromatic heterocycles. The zero-order valence-electron chi connectivity index (χ0n) is 11.8. The van der Waals surface area contributed by atoms with Crippen LogP contribution >= 0.6 is 15.9 Å². The summed E-state index contributed by atoms with van der Waals surface area (Å²) in [5, 5.41) is 3.42. The Kier molecular flexibility index (Phi) is 3.85. The molecule has 3 nitrogen and oxygen atoms in total. The lowest BCUT2D eigenvalue weighted by atomic mass is 9.98. The lowest BCUT2D eigenvalue weighted by Gasteiger charge is -2.21. The Morgan fingerprint density at radius 3 is 2.60 bits per heavy atom. The molecule has 104 valence electrons. The first-order chi connectivity index (χ1) is 9.65. The van der Waals surface area contributed by atoms with Crippen molar-refractivity contribution in [2.75, 3.05) is 6.54 Å². The van der Waals surface area contributed by atoms with Crippen molar-refractivity contribution in [2.45, 2.75) is 32.7 Å². The van der Waals surface area contributed by atoms with Crippen LogP contribution in [0.2, 0.25) is 0 Å². The number of rotatable bonds is 2. The van der Waals surface area contributed by atoms with E-state index in [0.717, 1.165) is 35.4 Å². The summed E-state index contributed by atoms with van der Waals surface area (Å²) in [6.07, 6.45) is 0.987. The van der Waals surface area contributed by atoms with E-state index in [-0.39, 0.29) is 0 Å². The van der Waals surface area contributed by atoms with E-state index in [1.165, 1.54) is 17.0 Å². The van der Waals surface area contributed by atoms with Crippen molar-refractivity contribution in [1.82, 2.24) is 15.3 Å². The van der Waals surface area contributed by atoms with Gasteiger partial charge in [0.2, 0.25) is 0 Å². The second-order valence-electron chi connectivity index (χ2n) is 5.45. The van der Waals surface area contributed by atoms with Gasteiger partial charge in [0.05, 0.1) is 11.4 Å². The van der Waals surface area contributed by atoms with Crippen LogP contribution in [0.3, 0.4) is 0 Å². The van der Waals surface area contributed by atoms with Gasteiger partial charge in [-0.25, -0.2) is 9.97 Å². The fraction of sp³-hybridized carbons (Fsp3) is 0.375. The molecule has 20 heavy (non-hydrogen) atoms. The van der Waals surface area contributed by atoms with E-state index in [0.29, 0.717) is 5.92 Å². The summed E-state index contributed by atoms with van der Waals surface area (Å²) in [6.45, 7) is 6.29. The smallest absolute Gasteiger partial charge is 0.159 e. The molecular weight excluding hydrogens is 314 g/mol. The highest BCUT2D eigenvalue weighted by Crippen LogP contribution is 2.26. The molecule has 1 N–H and O–H groups in total. The van der Waals surface area contributed by atoms with Gasteiger partial charge in [-0.1, -0.05) is 41.9 Å². The molecule has 1 aromatic carbocycles. The maximum absolute atomic E-state index is 4.82. The van der Waals surface area contributed by atoms with Crippen LogP contribution in [0.4, 0.5) is 0 Å². The molecule has 1 aliphatic heterocycles. The second-order valence-corrected chi connectivity index (χ2v) is 6.36. The zero-order chi connectivity index (χ0) is 14.1. The van der Waals surface area contributed by atoms with E-state index in [1.807, 2.05) is 12.1 Å². The van der Waals surface area contributed by atoms with Gasteiger partial charge >= 0.3 is 0 Å². The molecule has 0 aliphatic carbocycles. The van der Waals surface area contributed by atoms with E-state index in [4.69, 9.17) is 9.97 Å². The number of halogens is 1. The Labute approximate surface area is 128 Å². The first-order valence-electron chi connectivity index (χ1n) is 7.01. The molecule has 0 amide bonds. The van der Waals surface area contributed by atoms with E-state index in [1.54, 1.807) is 0 Å². The molecule has 0 bridgehead atoms. The SMILES string of the molecule is CC(C)c1nc(-c2ccc(Br)cc2)nc2c1CNCC2. The lowest BCUT2D eigenvalue weighted by Crippen LogP contribution is -2.27. The molecule has 2 heterocycles. The first-order valence-corrected chi connectivity index (χ1v) is 7.81. The highest BCUT2D eigenvalue weighted by Gasteiger charge is 2.19. The number of hydrogen-bond acceptors (Lipinski definition) is 3. The van der Waals surface area contributed by atoms with Gasteiger partial charge in [-0.3, -0.25) is 0 Å². The van der Waals surface area contributed by atoms with Crippen molar-refractivity contribution in [3.05, 3.63) is 45.7 Å². The number of fused-ring (bicyclic) bond motifs is 1. The molecule has 0 saturated heterocycles. The summed E-state index contributed by atoms with van der Waals surface area (Å²) < 4.78 is 1.08. The Morgan fingerprint density at radius 2 is 1.90 bits per heavy atom. The van der Waals surface area contributed by atoms with Gasteiger partial charge in [0.15, 0.2) is 5.82 Å². The third-order valence-electron chi connectivity index (χ3n) is 3.61. The van der Waals surface area contributed by atoms with E-state index < -0.39 is 0 Å². The van der Waals surface area contributed by atoms with Crippen LogP contribution in [0.1, 0.15) is 36.7 Å². The molecule has 0 fully saturated rings. The molecular formula is C16H18BrN3. The Balaban J connectivity index is 2.12. The van der Waals surface area contributed by atoms with Crippen molar-refractivity contribution in [2.24, 2.45) is 0 Å². The van der Waals surface area contributed by atoms with Gasteiger partial charge in [0, 0.05) is 35.1 Å². The molecule has 0 spiro atoms. The Morgan fingerprint density at radius 1 is 1.15 bits per heavy atom. The van der Waals surface area contributed by atoms with Gasteiger partial charge in [0.1, 0.15) is 0 Å². The monoisotopic (exact) mass is 331 g/mol. The summed E-state index contributed by atoms with van der Waals surface area (Å²) in [5.41, 5.74) is 4.77. The predicted molar refractivity (Wildman–Crippen MR) is 84.7 cm³/mol. The van der Waals surface area contributed by atoms with E-state index in [2.05, 4.69) is 47.2 Å². The standard InChI is InChI=1S/C16H18BrN3/c1-10(2)15-13-9-18-8-7-14(13)19-16(20-15)11-3-5-12(17)6-4-11/h3-6,10,18H,7-9H2,1-2H3. The number of aromatic nitrogens is 2. The number of benzene rings is 1. The summed E-state index contributed by atoms with van der Waals surface area (Å²) in [6, 6.07) is 8.21. The van der Waals surface area contributed by atoms with Crippen LogP contribution in [0.5, 0.6) is 0 Å². The van der Waals surface area contributed by atoms with Crippen molar-refractivity contribution >= 4 is 15.9 Å². The molecule has 0 unspecified atom stereocenters. The minimum absolute atomic E-state index is 0.417. The number of nitrogens with zero attached hydrogens (tertiary/aromatic N) is 2. The van der Waals surface area contributed by atoms with Gasteiger partial charge in [-0.15, -0.1) is 0 Å². The second kappa shape index (κ2) is 5.62. The highest BCUT2D eigenvalue weighted by atomic mass is 79.9. The fourth-order valence-electron chi connectivity index (χ4n) is 2.57. The largest absolute Gasteiger partial charge is 0.312 e. The van der Waals surface area contributed by atoms with Crippen molar-refractivity contribution < 1.29 is 0 Å². The summed E-state index contributed by atoms with van der Waals surface area (Å²) in [5.74, 6) is 1.27. The van der Waals surface area contributed by atoms with Crippen molar-refractivity contribution in [3.63, 3.8) is 0 Å². The van der Waals surface area contributed by atoms with Crippen LogP contribution in [-0.4, -0.2) is 16.5 Å². The lowest BCUT2D eigenvalue weighted by molar-refractivity contribution is 0.609. The quantitative estimate of drug-likeness (QED) is 0.912. The topological polar surface area (TPSA) is 37.8 Å². The zero-order valence-corrected chi connectivity index (χ0v) is 13.4. The van der Waals surface area contributed by atoms with Crippen molar-refractivity contribution in [1.29, 1.82) is 0 Å². The molecule has 0 atom stereocenters. The summed E-state index contributed by atoms with van der Waals surface area (Å²) >= 11 is 3.47.